The molecular weight excluding hydrogens is 311 g/mol. The van der Waals surface area contributed by atoms with Crippen LogP contribution in [0.25, 0.3) is 0 Å². The topological polar surface area (TPSA) is 48.1 Å². The first-order valence-corrected chi connectivity index (χ1v) is 9.28. The normalized spacial score (nSPS) is 26.4. The molecule has 3 atom stereocenters. The Kier molecular flexibility index (Phi) is 3.21. The summed E-state index contributed by atoms with van der Waals surface area (Å²) < 4.78 is 30.7. The highest BCUT2D eigenvalue weighted by Gasteiger charge is 2.56. The van der Waals surface area contributed by atoms with Gasteiger partial charge >= 0.3 is 0 Å². The number of ether oxygens (including phenoxy) is 2. The third-order valence-corrected chi connectivity index (χ3v) is 6.99. The fraction of sp³-hybridized carbons (Fsp3) is 0.333. The van der Waals surface area contributed by atoms with Crippen molar-refractivity contribution >= 4 is 18.0 Å². The molecule has 4 rings (SSSR count). The number of rotatable bonds is 3. The van der Waals surface area contributed by atoms with Gasteiger partial charge in [-0.1, -0.05) is 18.2 Å². The third-order valence-electron chi connectivity index (χ3n) is 4.54. The molecule has 23 heavy (non-hydrogen) atoms. The lowest BCUT2D eigenvalue weighted by Crippen LogP contribution is -2.38. The molecule has 0 saturated carbocycles. The molecule has 2 aromatic rings. The van der Waals surface area contributed by atoms with Crippen LogP contribution in [0.5, 0.6) is 5.75 Å². The van der Waals surface area contributed by atoms with Crippen molar-refractivity contribution in [1.29, 1.82) is 0 Å². The van der Waals surface area contributed by atoms with Gasteiger partial charge in [0.2, 0.25) is 0 Å². The number of fused-ring (bicyclic) bond motifs is 3. The molecule has 0 aromatic heterocycles. The second-order valence-electron chi connectivity index (χ2n) is 6.47. The standard InChI is InChI=1S/C18H19O4P/c1-18(2)17-16(21-17)14-11-13(9-10-15(14)22-18)23(19,20-3)12-7-5-4-6-8-12/h4-11,16-17H,1-3H3/t16-,17-,23?/m0/s1. The average molecular weight is 330 g/mol. The highest BCUT2D eigenvalue weighted by molar-refractivity contribution is 7.74. The Morgan fingerprint density at radius 3 is 2.52 bits per heavy atom. The van der Waals surface area contributed by atoms with Crippen molar-refractivity contribution in [1.82, 2.24) is 0 Å². The molecule has 2 heterocycles. The molecule has 4 nitrogen and oxygen atoms in total. The van der Waals surface area contributed by atoms with Gasteiger partial charge in [-0.25, -0.2) is 0 Å². The van der Waals surface area contributed by atoms with E-state index >= 15 is 0 Å². The molecule has 2 aromatic carbocycles. The maximum Gasteiger partial charge on any atom is 0.261 e. The lowest BCUT2D eigenvalue weighted by molar-refractivity contribution is 0.0726. The van der Waals surface area contributed by atoms with Crippen molar-refractivity contribution in [2.24, 2.45) is 0 Å². The molecule has 1 saturated heterocycles. The van der Waals surface area contributed by atoms with Crippen LogP contribution in [0.2, 0.25) is 0 Å². The van der Waals surface area contributed by atoms with Gasteiger partial charge in [-0.15, -0.1) is 0 Å². The summed E-state index contributed by atoms with van der Waals surface area (Å²) in [7, 11) is -1.61. The van der Waals surface area contributed by atoms with Gasteiger partial charge in [0.15, 0.2) is 0 Å². The van der Waals surface area contributed by atoms with Crippen molar-refractivity contribution in [3.8, 4) is 5.75 Å². The minimum Gasteiger partial charge on any atom is -0.485 e. The van der Waals surface area contributed by atoms with Gasteiger partial charge in [-0.3, -0.25) is 4.57 Å². The minimum atomic E-state index is -3.10. The van der Waals surface area contributed by atoms with Gasteiger partial charge in [0.05, 0.1) is 0 Å². The van der Waals surface area contributed by atoms with Crippen molar-refractivity contribution in [3.05, 3.63) is 54.1 Å². The van der Waals surface area contributed by atoms with Crippen LogP contribution in [0.4, 0.5) is 0 Å². The average Bonchev–Trinajstić information content (AvgIpc) is 3.36. The van der Waals surface area contributed by atoms with Gasteiger partial charge in [-0.05, 0) is 44.2 Å². The fourth-order valence-corrected chi connectivity index (χ4v) is 5.10. The molecule has 1 fully saturated rings. The predicted octanol–water partition coefficient (Wildman–Crippen LogP) is 3.17. The molecule has 1 unspecified atom stereocenters. The van der Waals surface area contributed by atoms with Crippen molar-refractivity contribution < 1.29 is 18.6 Å². The quantitative estimate of drug-likeness (QED) is 0.641. The Morgan fingerprint density at radius 2 is 1.83 bits per heavy atom. The van der Waals surface area contributed by atoms with Gasteiger partial charge in [0, 0.05) is 23.3 Å². The van der Waals surface area contributed by atoms with E-state index in [9.17, 15) is 4.57 Å². The summed E-state index contributed by atoms with van der Waals surface area (Å²) in [6.45, 7) is 4.05. The number of hydrogen-bond donors (Lipinski definition) is 0. The van der Waals surface area contributed by atoms with Gasteiger partial charge in [-0.2, -0.15) is 0 Å². The van der Waals surface area contributed by atoms with E-state index in [0.29, 0.717) is 10.6 Å². The molecule has 0 bridgehead atoms. The number of benzene rings is 2. The van der Waals surface area contributed by atoms with E-state index in [0.717, 1.165) is 11.3 Å². The van der Waals surface area contributed by atoms with E-state index in [-0.39, 0.29) is 17.8 Å². The van der Waals surface area contributed by atoms with E-state index in [1.54, 1.807) is 0 Å². The van der Waals surface area contributed by atoms with E-state index in [2.05, 4.69) is 0 Å². The van der Waals surface area contributed by atoms with Crippen molar-refractivity contribution in [2.75, 3.05) is 7.11 Å². The molecule has 0 radical (unpaired) electrons. The first kappa shape index (κ1) is 14.9. The maximum absolute atomic E-state index is 13.4. The molecule has 2 aliphatic heterocycles. The zero-order valence-electron chi connectivity index (χ0n) is 13.4. The molecule has 120 valence electrons. The summed E-state index contributed by atoms with van der Waals surface area (Å²) in [6.07, 6.45) is 0.0821. The molecule has 0 spiro atoms. The first-order valence-electron chi connectivity index (χ1n) is 7.66. The summed E-state index contributed by atoms with van der Waals surface area (Å²) in [6, 6.07) is 14.9. The van der Waals surface area contributed by atoms with E-state index in [1.807, 2.05) is 62.4 Å². The van der Waals surface area contributed by atoms with Gasteiger partial charge in [0.1, 0.15) is 23.6 Å². The SMILES string of the molecule is COP(=O)(c1ccccc1)c1ccc2c(c1)[C@@H]1O[C@@H]1C(C)(C)O2. The lowest BCUT2D eigenvalue weighted by Gasteiger charge is -2.30. The van der Waals surface area contributed by atoms with Crippen molar-refractivity contribution in [2.45, 2.75) is 31.7 Å². The highest BCUT2D eigenvalue weighted by atomic mass is 31.2. The van der Waals surface area contributed by atoms with Crippen LogP contribution in [0.3, 0.4) is 0 Å². The highest BCUT2D eigenvalue weighted by Crippen LogP contribution is 2.54. The second-order valence-corrected chi connectivity index (χ2v) is 8.98. The van der Waals surface area contributed by atoms with E-state index in [1.165, 1.54) is 7.11 Å². The Hall–Kier alpha value is -1.61. The van der Waals surface area contributed by atoms with Gasteiger partial charge < -0.3 is 14.0 Å². The minimum absolute atomic E-state index is 0.0229. The van der Waals surface area contributed by atoms with E-state index in [4.69, 9.17) is 14.0 Å². The summed E-state index contributed by atoms with van der Waals surface area (Å²) in [5.41, 5.74) is 0.629. The summed E-state index contributed by atoms with van der Waals surface area (Å²) in [4.78, 5) is 0. The van der Waals surface area contributed by atoms with Crippen LogP contribution >= 0.6 is 7.37 Å². The van der Waals surface area contributed by atoms with Gasteiger partial charge in [0.25, 0.3) is 7.37 Å². The largest absolute Gasteiger partial charge is 0.485 e. The van der Waals surface area contributed by atoms with E-state index < -0.39 is 7.37 Å². The Bertz CT molecular complexity index is 800. The molecule has 2 aliphatic rings. The predicted molar refractivity (Wildman–Crippen MR) is 89.1 cm³/mol. The summed E-state index contributed by atoms with van der Waals surface area (Å²) >= 11 is 0. The van der Waals surface area contributed by atoms with Crippen LogP contribution in [0.15, 0.2) is 48.5 Å². The van der Waals surface area contributed by atoms with Crippen molar-refractivity contribution in [3.63, 3.8) is 0 Å². The monoisotopic (exact) mass is 330 g/mol. The van der Waals surface area contributed by atoms with Crippen LogP contribution in [-0.4, -0.2) is 18.8 Å². The maximum atomic E-state index is 13.4. The Morgan fingerprint density at radius 1 is 1.09 bits per heavy atom. The summed E-state index contributed by atoms with van der Waals surface area (Å²) in [5, 5.41) is 1.36. The molecule has 0 N–H and O–H groups in total. The summed E-state index contributed by atoms with van der Waals surface area (Å²) in [5.74, 6) is 0.799. The molecule has 0 amide bonds. The van der Waals surface area contributed by atoms with Crippen LogP contribution in [0.1, 0.15) is 25.5 Å². The fourth-order valence-electron chi connectivity index (χ4n) is 3.24. The van der Waals surface area contributed by atoms with Crippen LogP contribution in [-0.2, 0) is 13.8 Å². The molecule has 0 aliphatic carbocycles. The number of epoxide rings is 1. The first-order chi connectivity index (χ1) is 11.0. The lowest BCUT2D eigenvalue weighted by atomic mass is 9.94. The zero-order valence-corrected chi connectivity index (χ0v) is 14.2. The van der Waals surface area contributed by atoms with Crippen LogP contribution in [0, 0.1) is 0 Å². The third kappa shape index (κ3) is 2.25. The van der Waals surface area contributed by atoms with Crippen LogP contribution < -0.4 is 15.3 Å². The zero-order chi connectivity index (χ0) is 16.2. The number of hydrogen-bond acceptors (Lipinski definition) is 4. The smallest absolute Gasteiger partial charge is 0.261 e. The Balaban J connectivity index is 1.80. The second kappa shape index (κ2) is 4.94. The Labute approximate surface area is 135 Å². The molecular formula is C18H19O4P. The molecule has 5 heteroatoms.